The minimum atomic E-state index is 0.0202. The van der Waals surface area contributed by atoms with Gasteiger partial charge in [0.15, 0.2) is 0 Å². The van der Waals surface area contributed by atoms with Crippen LogP contribution in [0.4, 0.5) is 0 Å². The maximum absolute atomic E-state index is 12.6. The van der Waals surface area contributed by atoms with Gasteiger partial charge < -0.3 is 10.2 Å². The highest BCUT2D eigenvalue weighted by Gasteiger charge is 2.34. The van der Waals surface area contributed by atoms with Crippen molar-refractivity contribution in [3.63, 3.8) is 0 Å². The average molecular weight is 363 g/mol. The second-order valence-electron chi connectivity index (χ2n) is 6.98. The molecule has 0 spiro atoms. The van der Waals surface area contributed by atoms with Crippen molar-refractivity contribution in [1.82, 2.24) is 10.2 Å². The molecule has 2 bridgehead atoms. The Bertz CT molecular complexity index is 835. The maximum atomic E-state index is 12.6. The van der Waals surface area contributed by atoms with Gasteiger partial charge in [0, 0.05) is 27.9 Å². The number of hydrogen-bond donors (Lipinski definition) is 1. The summed E-state index contributed by atoms with van der Waals surface area (Å²) in [5.41, 5.74) is 1.36. The molecule has 5 rings (SSSR count). The summed E-state index contributed by atoms with van der Waals surface area (Å²) in [6, 6.07) is 17.7. The Kier molecular flexibility index (Phi) is 4.96. The van der Waals surface area contributed by atoms with E-state index in [2.05, 4.69) is 16.3 Å². The standard InChI is InChI=1S/C21H21N3OS/c22-13-15-2-1-3-19(12-15)26-18-6-4-17(5-7-18)21(25)23-20-14-24-10-8-16(20)9-11-24/h1-7,12,16,20H,8-11,14H2,(H,23,25). The van der Waals surface area contributed by atoms with E-state index < -0.39 is 0 Å². The van der Waals surface area contributed by atoms with Gasteiger partial charge in [-0.25, -0.2) is 0 Å². The fraction of sp³-hybridized carbons (Fsp3) is 0.333. The average Bonchev–Trinajstić information content (AvgIpc) is 2.69. The molecule has 132 valence electrons. The number of nitrogens with zero attached hydrogens (tertiary/aromatic N) is 2. The molecule has 3 heterocycles. The van der Waals surface area contributed by atoms with Gasteiger partial charge in [-0.3, -0.25) is 4.79 Å². The predicted molar refractivity (Wildman–Crippen MR) is 102 cm³/mol. The quantitative estimate of drug-likeness (QED) is 0.903. The summed E-state index contributed by atoms with van der Waals surface area (Å²) in [4.78, 5) is 17.1. The summed E-state index contributed by atoms with van der Waals surface area (Å²) >= 11 is 1.59. The fourth-order valence-electron chi connectivity index (χ4n) is 3.82. The van der Waals surface area contributed by atoms with Gasteiger partial charge in [-0.15, -0.1) is 0 Å². The number of rotatable bonds is 4. The van der Waals surface area contributed by atoms with Gasteiger partial charge in [0.25, 0.3) is 5.91 Å². The minimum absolute atomic E-state index is 0.0202. The first kappa shape index (κ1) is 17.1. The van der Waals surface area contributed by atoms with E-state index in [9.17, 15) is 4.79 Å². The Morgan fingerprint density at radius 1 is 1.12 bits per heavy atom. The Morgan fingerprint density at radius 2 is 1.88 bits per heavy atom. The highest BCUT2D eigenvalue weighted by molar-refractivity contribution is 7.99. The molecule has 0 saturated carbocycles. The van der Waals surface area contributed by atoms with E-state index in [4.69, 9.17) is 5.26 Å². The fourth-order valence-corrected chi connectivity index (χ4v) is 4.70. The van der Waals surface area contributed by atoms with Gasteiger partial charge >= 0.3 is 0 Å². The van der Waals surface area contributed by atoms with Crippen molar-refractivity contribution in [2.45, 2.75) is 28.7 Å². The molecule has 2 aromatic carbocycles. The molecule has 4 nitrogen and oxygen atoms in total. The maximum Gasteiger partial charge on any atom is 0.251 e. The zero-order valence-electron chi connectivity index (χ0n) is 14.5. The van der Waals surface area contributed by atoms with Crippen LogP contribution in [0.15, 0.2) is 58.3 Å². The summed E-state index contributed by atoms with van der Waals surface area (Å²) in [5, 5.41) is 12.2. The Balaban J connectivity index is 1.39. The van der Waals surface area contributed by atoms with Crippen molar-refractivity contribution >= 4 is 17.7 Å². The number of nitrogens with one attached hydrogen (secondary N) is 1. The number of hydrogen-bond acceptors (Lipinski definition) is 4. The molecule has 0 radical (unpaired) electrons. The SMILES string of the molecule is N#Cc1cccc(Sc2ccc(C(=O)NC3CN4CCC3CC4)cc2)c1. The molecule has 3 saturated heterocycles. The summed E-state index contributed by atoms with van der Waals surface area (Å²) in [5.74, 6) is 0.651. The molecule has 26 heavy (non-hydrogen) atoms. The molecule has 1 amide bonds. The van der Waals surface area contributed by atoms with E-state index in [0.29, 0.717) is 17.0 Å². The van der Waals surface area contributed by atoms with Crippen LogP contribution in [-0.4, -0.2) is 36.5 Å². The third kappa shape index (κ3) is 3.77. The smallest absolute Gasteiger partial charge is 0.251 e. The van der Waals surface area contributed by atoms with E-state index in [0.717, 1.165) is 16.3 Å². The second kappa shape index (κ2) is 7.53. The van der Waals surface area contributed by atoms with E-state index >= 15 is 0 Å². The highest BCUT2D eigenvalue weighted by Crippen LogP contribution is 2.29. The van der Waals surface area contributed by atoms with Crippen LogP contribution < -0.4 is 5.32 Å². The molecule has 3 fully saturated rings. The van der Waals surface area contributed by atoms with Gasteiger partial charge in [-0.1, -0.05) is 17.8 Å². The van der Waals surface area contributed by atoms with Crippen molar-refractivity contribution in [2.75, 3.05) is 19.6 Å². The number of carbonyl (C=O) groups excluding carboxylic acids is 1. The van der Waals surface area contributed by atoms with Crippen LogP contribution in [0.25, 0.3) is 0 Å². The van der Waals surface area contributed by atoms with Gasteiger partial charge in [0.2, 0.25) is 0 Å². The Hall–Kier alpha value is -2.29. The predicted octanol–water partition coefficient (Wildman–Crippen LogP) is 3.53. The number of benzene rings is 2. The lowest BCUT2D eigenvalue weighted by atomic mass is 9.84. The lowest BCUT2D eigenvalue weighted by Gasteiger charge is -2.44. The van der Waals surface area contributed by atoms with Crippen LogP contribution in [0, 0.1) is 17.2 Å². The molecule has 3 aliphatic rings. The molecule has 1 unspecified atom stereocenters. The van der Waals surface area contributed by atoms with Gasteiger partial charge in [-0.2, -0.15) is 5.26 Å². The third-order valence-electron chi connectivity index (χ3n) is 5.29. The first-order chi connectivity index (χ1) is 12.7. The van der Waals surface area contributed by atoms with Gasteiger partial charge in [0.1, 0.15) is 0 Å². The molecule has 0 aromatic heterocycles. The van der Waals surface area contributed by atoms with Crippen LogP contribution in [0.3, 0.4) is 0 Å². The monoisotopic (exact) mass is 363 g/mol. The Morgan fingerprint density at radius 3 is 2.54 bits per heavy atom. The summed E-state index contributed by atoms with van der Waals surface area (Å²) in [6.07, 6.45) is 2.39. The molecule has 2 aromatic rings. The van der Waals surface area contributed by atoms with Crippen LogP contribution >= 0.6 is 11.8 Å². The van der Waals surface area contributed by atoms with Crippen molar-refractivity contribution in [3.05, 3.63) is 59.7 Å². The van der Waals surface area contributed by atoms with E-state index in [1.807, 2.05) is 42.5 Å². The summed E-state index contributed by atoms with van der Waals surface area (Å²) < 4.78 is 0. The number of amides is 1. The van der Waals surface area contributed by atoms with Crippen LogP contribution in [0.1, 0.15) is 28.8 Å². The third-order valence-corrected chi connectivity index (χ3v) is 6.29. The number of piperidine rings is 3. The van der Waals surface area contributed by atoms with Gasteiger partial charge in [-0.05, 0) is 74.3 Å². The van der Waals surface area contributed by atoms with Gasteiger partial charge in [0.05, 0.1) is 11.6 Å². The number of carbonyl (C=O) groups is 1. The molecule has 0 aliphatic carbocycles. The largest absolute Gasteiger partial charge is 0.348 e. The van der Waals surface area contributed by atoms with Crippen LogP contribution in [0.5, 0.6) is 0 Å². The number of nitriles is 1. The summed E-state index contributed by atoms with van der Waals surface area (Å²) in [6.45, 7) is 3.34. The highest BCUT2D eigenvalue weighted by atomic mass is 32.2. The zero-order chi connectivity index (χ0) is 17.9. The lowest BCUT2D eigenvalue weighted by molar-refractivity contribution is 0.0620. The topological polar surface area (TPSA) is 56.1 Å². The van der Waals surface area contributed by atoms with Crippen LogP contribution in [0.2, 0.25) is 0 Å². The van der Waals surface area contributed by atoms with Crippen molar-refractivity contribution in [1.29, 1.82) is 5.26 Å². The van der Waals surface area contributed by atoms with Crippen molar-refractivity contribution in [3.8, 4) is 6.07 Å². The van der Waals surface area contributed by atoms with E-state index in [-0.39, 0.29) is 11.9 Å². The molecule has 5 heteroatoms. The Labute approximate surface area is 158 Å². The first-order valence-electron chi connectivity index (χ1n) is 9.02. The molecule has 3 aliphatic heterocycles. The second-order valence-corrected chi connectivity index (χ2v) is 8.13. The normalized spacial score (nSPS) is 24.0. The zero-order valence-corrected chi connectivity index (χ0v) is 15.3. The lowest BCUT2D eigenvalue weighted by Crippen LogP contribution is -2.57. The van der Waals surface area contributed by atoms with E-state index in [1.54, 1.807) is 17.8 Å². The molecular formula is C21H21N3OS. The summed E-state index contributed by atoms with van der Waals surface area (Å²) in [7, 11) is 0. The number of fused-ring (bicyclic) bond motifs is 3. The molecule has 1 atom stereocenters. The van der Waals surface area contributed by atoms with Crippen molar-refractivity contribution in [2.24, 2.45) is 5.92 Å². The molecular weight excluding hydrogens is 342 g/mol. The molecule has 1 N–H and O–H groups in total. The van der Waals surface area contributed by atoms with E-state index in [1.165, 1.54) is 25.9 Å². The van der Waals surface area contributed by atoms with Crippen LogP contribution in [-0.2, 0) is 0 Å². The first-order valence-corrected chi connectivity index (χ1v) is 9.84. The van der Waals surface area contributed by atoms with Crippen molar-refractivity contribution < 1.29 is 4.79 Å². The minimum Gasteiger partial charge on any atom is -0.348 e.